The molecule has 0 unspecified atom stereocenters. The van der Waals surface area contributed by atoms with Crippen LogP contribution in [0, 0.1) is 0 Å². The van der Waals surface area contributed by atoms with Crippen molar-refractivity contribution in [2.75, 3.05) is 10.6 Å². The van der Waals surface area contributed by atoms with Crippen LogP contribution in [0.2, 0.25) is 0 Å². The van der Waals surface area contributed by atoms with E-state index >= 15 is 0 Å². The summed E-state index contributed by atoms with van der Waals surface area (Å²) in [6, 6.07) is 14.4. The molecule has 21 heavy (non-hydrogen) atoms. The number of nitrogens with one attached hydrogen (secondary N) is 2. The van der Waals surface area contributed by atoms with E-state index in [2.05, 4.69) is 10.6 Å². The number of carboxylic acid groups (broad SMARTS) is 1. The maximum Gasteiger partial charge on any atom is 0.335 e. The lowest BCUT2D eigenvalue weighted by atomic mass is 10.1. The smallest absolute Gasteiger partial charge is 0.335 e. The van der Waals surface area contributed by atoms with Crippen molar-refractivity contribution in [3.8, 4) is 0 Å². The summed E-state index contributed by atoms with van der Waals surface area (Å²) in [5.74, 6) is -1.28. The van der Waals surface area contributed by atoms with E-state index in [1.807, 2.05) is 30.3 Å². The molecule has 0 spiro atoms. The molecule has 0 aliphatic heterocycles. The molecule has 5 heteroatoms. The summed E-state index contributed by atoms with van der Waals surface area (Å²) in [6.07, 6.45) is 0. The molecule has 2 rings (SSSR count). The average molecular weight is 284 g/mol. The van der Waals surface area contributed by atoms with Crippen LogP contribution in [0.25, 0.3) is 0 Å². The molecule has 1 amide bonds. The number of benzene rings is 2. The molecule has 0 aliphatic rings. The number of carbonyl (C=O) groups excluding carboxylic acids is 1. The van der Waals surface area contributed by atoms with Gasteiger partial charge in [-0.2, -0.15) is 0 Å². The average Bonchev–Trinajstić information content (AvgIpc) is 2.46. The Morgan fingerprint density at radius 3 is 2.38 bits per heavy atom. The highest BCUT2D eigenvalue weighted by atomic mass is 16.4. The second-order valence-corrected chi connectivity index (χ2v) is 4.59. The summed E-state index contributed by atoms with van der Waals surface area (Å²) < 4.78 is 0. The zero-order valence-corrected chi connectivity index (χ0v) is 11.6. The zero-order valence-electron chi connectivity index (χ0n) is 11.6. The summed E-state index contributed by atoms with van der Waals surface area (Å²) >= 11 is 0. The van der Waals surface area contributed by atoms with Gasteiger partial charge in [0.25, 0.3) is 0 Å². The van der Waals surface area contributed by atoms with Gasteiger partial charge in [-0.1, -0.05) is 30.3 Å². The number of carbonyl (C=O) groups is 2. The quantitative estimate of drug-likeness (QED) is 0.788. The van der Waals surface area contributed by atoms with Crippen molar-refractivity contribution >= 4 is 23.3 Å². The van der Waals surface area contributed by atoms with Crippen molar-refractivity contribution in [3.63, 3.8) is 0 Å². The first-order chi connectivity index (χ1) is 10.1. The lowest BCUT2D eigenvalue weighted by molar-refractivity contribution is -0.114. The number of hydrogen-bond donors (Lipinski definition) is 3. The van der Waals surface area contributed by atoms with Gasteiger partial charge in [-0.25, -0.2) is 4.79 Å². The van der Waals surface area contributed by atoms with Crippen LogP contribution in [0.5, 0.6) is 0 Å². The van der Waals surface area contributed by atoms with Gasteiger partial charge in [0, 0.05) is 13.5 Å². The van der Waals surface area contributed by atoms with Crippen molar-refractivity contribution in [2.24, 2.45) is 0 Å². The van der Waals surface area contributed by atoms with Crippen LogP contribution in [0.1, 0.15) is 22.8 Å². The van der Waals surface area contributed by atoms with E-state index in [1.54, 1.807) is 6.07 Å². The number of carboxylic acids is 1. The van der Waals surface area contributed by atoms with Crippen LogP contribution in [0.3, 0.4) is 0 Å². The largest absolute Gasteiger partial charge is 0.478 e. The fourth-order valence-corrected chi connectivity index (χ4v) is 1.92. The number of aromatic carboxylic acids is 1. The molecule has 0 saturated heterocycles. The molecule has 5 nitrogen and oxygen atoms in total. The van der Waals surface area contributed by atoms with Gasteiger partial charge in [-0.05, 0) is 23.8 Å². The maximum atomic E-state index is 11.2. The molecule has 2 aromatic rings. The van der Waals surface area contributed by atoms with Gasteiger partial charge in [0.15, 0.2) is 0 Å². The van der Waals surface area contributed by atoms with E-state index in [0.29, 0.717) is 17.9 Å². The minimum Gasteiger partial charge on any atom is -0.478 e. The third kappa shape index (κ3) is 4.07. The van der Waals surface area contributed by atoms with Crippen molar-refractivity contribution in [2.45, 2.75) is 13.5 Å². The van der Waals surface area contributed by atoms with Crippen molar-refractivity contribution < 1.29 is 14.7 Å². The Morgan fingerprint density at radius 2 is 1.76 bits per heavy atom. The van der Waals surface area contributed by atoms with Gasteiger partial charge in [0.1, 0.15) is 0 Å². The lowest BCUT2D eigenvalue weighted by Crippen LogP contribution is -2.11. The maximum absolute atomic E-state index is 11.2. The summed E-state index contributed by atoms with van der Waals surface area (Å²) in [5.41, 5.74) is 2.36. The van der Waals surface area contributed by atoms with Crippen LogP contribution >= 0.6 is 0 Å². The zero-order chi connectivity index (χ0) is 15.2. The standard InChI is InChI=1S/C16H16N2O3/c1-11(19)18-15-9-13(16(20)21)7-8-14(15)17-10-12-5-3-2-4-6-12/h2-9,17H,10H2,1H3,(H,18,19)(H,20,21). The molecule has 0 atom stereocenters. The van der Waals surface area contributed by atoms with Crippen LogP contribution in [-0.2, 0) is 11.3 Å². The minimum absolute atomic E-state index is 0.129. The first-order valence-corrected chi connectivity index (χ1v) is 6.49. The van der Waals surface area contributed by atoms with E-state index in [4.69, 9.17) is 5.11 Å². The van der Waals surface area contributed by atoms with Gasteiger partial charge >= 0.3 is 5.97 Å². The Hall–Kier alpha value is -2.82. The van der Waals surface area contributed by atoms with Gasteiger partial charge in [-0.3, -0.25) is 4.79 Å². The van der Waals surface area contributed by atoms with Crippen molar-refractivity contribution in [3.05, 3.63) is 59.7 Å². The Kier molecular flexibility index (Phi) is 4.56. The Balaban J connectivity index is 2.21. The normalized spacial score (nSPS) is 9.95. The molecule has 0 bridgehead atoms. The Labute approximate surface area is 122 Å². The van der Waals surface area contributed by atoms with Crippen molar-refractivity contribution in [1.82, 2.24) is 0 Å². The second kappa shape index (κ2) is 6.56. The van der Waals surface area contributed by atoms with E-state index in [0.717, 1.165) is 5.56 Å². The summed E-state index contributed by atoms with van der Waals surface area (Å²) in [4.78, 5) is 22.2. The highest BCUT2D eigenvalue weighted by Crippen LogP contribution is 2.24. The summed E-state index contributed by atoms with van der Waals surface area (Å²) in [5, 5.41) is 14.8. The molecule has 3 N–H and O–H groups in total. The van der Waals surface area contributed by atoms with E-state index in [-0.39, 0.29) is 11.5 Å². The van der Waals surface area contributed by atoms with Gasteiger partial charge in [0.05, 0.1) is 16.9 Å². The number of hydrogen-bond acceptors (Lipinski definition) is 3. The van der Waals surface area contributed by atoms with Crippen LogP contribution < -0.4 is 10.6 Å². The fourth-order valence-electron chi connectivity index (χ4n) is 1.92. The molecule has 0 saturated carbocycles. The first kappa shape index (κ1) is 14.6. The van der Waals surface area contributed by atoms with Crippen LogP contribution in [-0.4, -0.2) is 17.0 Å². The van der Waals surface area contributed by atoms with Crippen LogP contribution in [0.15, 0.2) is 48.5 Å². The lowest BCUT2D eigenvalue weighted by Gasteiger charge is -2.13. The topological polar surface area (TPSA) is 78.4 Å². The number of rotatable bonds is 5. The predicted molar refractivity (Wildman–Crippen MR) is 81.5 cm³/mol. The highest BCUT2D eigenvalue weighted by Gasteiger charge is 2.09. The molecule has 0 aromatic heterocycles. The Morgan fingerprint density at radius 1 is 1.05 bits per heavy atom. The molecule has 108 valence electrons. The minimum atomic E-state index is -1.03. The second-order valence-electron chi connectivity index (χ2n) is 4.59. The van der Waals surface area contributed by atoms with Crippen molar-refractivity contribution in [1.29, 1.82) is 0 Å². The molecule has 0 radical (unpaired) electrons. The first-order valence-electron chi connectivity index (χ1n) is 6.49. The van der Waals surface area contributed by atoms with Crippen LogP contribution in [0.4, 0.5) is 11.4 Å². The monoisotopic (exact) mass is 284 g/mol. The molecule has 2 aromatic carbocycles. The predicted octanol–water partition coefficient (Wildman–Crippen LogP) is 2.96. The SMILES string of the molecule is CC(=O)Nc1cc(C(=O)O)ccc1NCc1ccccc1. The molecular formula is C16H16N2O3. The molecule has 0 fully saturated rings. The van der Waals surface area contributed by atoms with Gasteiger partial charge in [-0.15, -0.1) is 0 Å². The summed E-state index contributed by atoms with van der Waals surface area (Å²) in [7, 11) is 0. The fraction of sp³-hybridized carbons (Fsp3) is 0.125. The Bertz CT molecular complexity index is 654. The molecular weight excluding hydrogens is 268 g/mol. The van der Waals surface area contributed by atoms with Gasteiger partial charge in [0.2, 0.25) is 5.91 Å². The third-order valence-electron chi connectivity index (χ3n) is 2.90. The third-order valence-corrected chi connectivity index (χ3v) is 2.90. The van der Waals surface area contributed by atoms with E-state index in [9.17, 15) is 9.59 Å². The highest BCUT2D eigenvalue weighted by molar-refractivity contribution is 5.96. The van der Waals surface area contributed by atoms with E-state index in [1.165, 1.54) is 19.1 Å². The number of anilines is 2. The van der Waals surface area contributed by atoms with Gasteiger partial charge < -0.3 is 15.7 Å². The summed E-state index contributed by atoms with van der Waals surface area (Å²) in [6.45, 7) is 1.97. The molecule has 0 aliphatic carbocycles. The van der Waals surface area contributed by atoms with E-state index < -0.39 is 5.97 Å². The number of amides is 1. The molecule has 0 heterocycles.